The van der Waals surface area contributed by atoms with Gasteiger partial charge in [-0.25, -0.2) is 0 Å². The van der Waals surface area contributed by atoms with Gasteiger partial charge < -0.3 is 15.2 Å². The minimum atomic E-state index is 0. The number of halogens is 1. The predicted molar refractivity (Wildman–Crippen MR) is 127 cm³/mol. The number of unbranched alkanes of at least 4 members (excludes halogenated alkanes) is 13. The number of allylic oxidation sites excluding steroid dienone is 1. The zero-order valence-corrected chi connectivity index (χ0v) is 20.0. The Morgan fingerprint density at radius 1 is 0.679 bits per heavy atom. The van der Waals surface area contributed by atoms with Crippen molar-refractivity contribution in [2.75, 3.05) is 26.3 Å². The summed E-state index contributed by atoms with van der Waals surface area (Å²) in [5.74, 6) is 0.457. The Balaban J connectivity index is 0. The van der Waals surface area contributed by atoms with Gasteiger partial charge in [0.2, 0.25) is 0 Å². The quantitative estimate of drug-likeness (QED) is 0.147. The molecule has 0 aromatic carbocycles. The molecule has 0 amide bonds. The van der Waals surface area contributed by atoms with E-state index in [4.69, 9.17) is 4.74 Å². The summed E-state index contributed by atoms with van der Waals surface area (Å²) in [4.78, 5) is 0. The highest BCUT2D eigenvalue weighted by atomic mass is 35.5. The highest BCUT2D eigenvalue weighted by molar-refractivity contribution is 5.85. The fraction of sp³-hybridized carbons (Fsp3) is 0.917. The van der Waals surface area contributed by atoms with E-state index in [1.807, 2.05) is 13.8 Å². The van der Waals surface area contributed by atoms with Crippen LogP contribution in [0.5, 0.6) is 0 Å². The minimum Gasteiger partial charge on any atom is -0.511 e. The van der Waals surface area contributed by atoms with Gasteiger partial charge in [0, 0.05) is 13.2 Å². The minimum absolute atomic E-state index is 0. The number of ether oxygens (including phenoxy) is 1. The van der Waals surface area contributed by atoms with Crippen molar-refractivity contribution >= 4 is 12.4 Å². The molecule has 2 N–H and O–H groups in total. The second-order valence-electron chi connectivity index (χ2n) is 8.19. The van der Waals surface area contributed by atoms with Crippen LogP contribution in [0.4, 0.5) is 0 Å². The monoisotopic (exact) mass is 419 g/mol. The zero-order chi connectivity index (χ0) is 20.0. The molecule has 0 aromatic rings. The number of rotatable bonds is 21. The van der Waals surface area contributed by atoms with Gasteiger partial charge in [0.1, 0.15) is 5.76 Å². The largest absolute Gasteiger partial charge is 0.511 e. The normalized spacial score (nSPS) is 10.7. The van der Waals surface area contributed by atoms with Crippen molar-refractivity contribution in [2.45, 2.75) is 117 Å². The molecular weight excluding hydrogens is 370 g/mol. The molecule has 0 spiro atoms. The van der Waals surface area contributed by atoms with Crippen LogP contribution in [0.15, 0.2) is 11.3 Å². The van der Waals surface area contributed by atoms with E-state index in [0.717, 1.165) is 31.8 Å². The van der Waals surface area contributed by atoms with Crippen molar-refractivity contribution in [3.63, 3.8) is 0 Å². The molecule has 0 aliphatic heterocycles. The summed E-state index contributed by atoms with van der Waals surface area (Å²) in [6, 6.07) is 0. The van der Waals surface area contributed by atoms with Gasteiger partial charge in [-0.05, 0) is 38.8 Å². The Morgan fingerprint density at radius 2 is 1.11 bits per heavy atom. The summed E-state index contributed by atoms with van der Waals surface area (Å²) in [5, 5.41) is 12.8. The van der Waals surface area contributed by atoms with Crippen molar-refractivity contribution < 1.29 is 9.84 Å². The van der Waals surface area contributed by atoms with E-state index in [9.17, 15) is 5.11 Å². The SMILES string of the molecule is CCCCCCCCCCCCCCCCOCCCNCC(O)=C(C)C.Cl. The maximum absolute atomic E-state index is 9.56. The average Bonchev–Trinajstić information content (AvgIpc) is 2.66. The van der Waals surface area contributed by atoms with Gasteiger partial charge >= 0.3 is 0 Å². The molecule has 0 saturated carbocycles. The van der Waals surface area contributed by atoms with Crippen molar-refractivity contribution in [1.82, 2.24) is 5.32 Å². The maximum Gasteiger partial charge on any atom is 0.105 e. The molecular formula is C24H50ClNO2. The van der Waals surface area contributed by atoms with Gasteiger partial charge in [0.15, 0.2) is 0 Å². The lowest BCUT2D eigenvalue weighted by Gasteiger charge is -2.07. The Bertz CT molecular complexity index is 331. The maximum atomic E-state index is 9.56. The summed E-state index contributed by atoms with van der Waals surface area (Å²) < 4.78 is 5.68. The third-order valence-electron chi connectivity index (χ3n) is 5.15. The topological polar surface area (TPSA) is 41.5 Å². The van der Waals surface area contributed by atoms with Crippen LogP contribution in [0, 0.1) is 0 Å². The van der Waals surface area contributed by atoms with Crippen molar-refractivity contribution in [1.29, 1.82) is 0 Å². The molecule has 0 radical (unpaired) electrons. The lowest BCUT2D eigenvalue weighted by Crippen LogP contribution is -2.20. The van der Waals surface area contributed by atoms with Crippen LogP contribution in [0.3, 0.4) is 0 Å². The van der Waals surface area contributed by atoms with E-state index >= 15 is 0 Å². The van der Waals surface area contributed by atoms with Gasteiger partial charge in [0.05, 0.1) is 6.54 Å². The van der Waals surface area contributed by atoms with Crippen LogP contribution in [-0.4, -0.2) is 31.4 Å². The van der Waals surface area contributed by atoms with Gasteiger partial charge in [-0.3, -0.25) is 0 Å². The Labute approximate surface area is 182 Å². The van der Waals surface area contributed by atoms with Gasteiger partial charge in [-0.2, -0.15) is 0 Å². The molecule has 3 nitrogen and oxygen atoms in total. The fourth-order valence-corrected chi connectivity index (χ4v) is 3.18. The van der Waals surface area contributed by atoms with Crippen LogP contribution in [0.1, 0.15) is 117 Å². The van der Waals surface area contributed by atoms with Crippen molar-refractivity contribution in [3.8, 4) is 0 Å². The van der Waals surface area contributed by atoms with Crippen LogP contribution >= 0.6 is 12.4 Å². The second kappa shape index (κ2) is 24.8. The molecule has 0 unspecified atom stereocenters. The number of hydrogen-bond donors (Lipinski definition) is 2. The van der Waals surface area contributed by atoms with E-state index in [-0.39, 0.29) is 12.4 Å². The summed E-state index contributed by atoms with van der Waals surface area (Å²) >= 11 is 0. The molecule has 0 aliphatic rings. The van der Waals surface area contributed by atoms with E-state index in [1.54, 1.807) is 0 Å². The highest BCUT2D eigenvalue weighted by Gasteiger charge is 1.96. The average molecular weight is 420 g/mol. The Morgan fingerprint density at radius 3 is 1.57 bits per heavy atom. The first-order chi connectivity index (χ1) is 13.2. The number of aliphatic hydroxyl groups is 1. The lowest BCUT2D eigenvalue weighted by atomic mass is 10.0. The molecule has 0 fully saturated rings. The first kappa shape index (κ1) is 29.9. The van der Waals surface area contributed by atoms with Crippen LogP contribution in [0.2, 0.25) is 0 Å². The number of hydrogen-bond acceptors (Lipinski definition) is 3. The van der Waals surface area contributed by atoms with Crippen molar-refractivity contribution in [2.24, 2.45) is 0 Å². The Hall–Kier alpha value is -0.250. The third-order valence-corrected chi connectivity index (χ3v) is 5.15. The van der Waals surface area contributed by atoms with E-state index in [1.165, 1.54) is 89.9 Å². The number of nitrogens with one attached hydrogen (secondary N) is 1. The third kappa shape index (κ3) is 23.8. The number of aliphatic hydroxyl groups excluding tert-OH is 1. The Kier molecular flexibility index (Phi) is 26.5. The summed E-state index contributed by atoms with van der Waals surface area (Å²) in [6.45, 7) is 9.33. The van der Waals surface area contributed by atoms with Crippen LogP contribution < -0.4 is 5.32 Å². The van der Waals surface area contributed by atoms with Gasteiger partial charge in [-0.15, -0.1) is 12.4 Å². The van der Waals surface area contributed by atoms with Crippen molar-refractivity contribution in [3.05, 3.63) is 11.3 Å². The summed E-state index contributed by atoms with van der Waals surface area (Å²) in [7, 11) is 0. The molecule has 28 heavy (non-hydrogen) atoms. The first-order valence-electron chi connectivity index (χ1n) is 11.8. The molecule has 0 aliphatic carbocycles. The zero-order valence-electron chi connectivity index (χ0n) is 19.2. The molecule has 0 saturated heterocycles. The first-order valence-corrected chi connectivity index (χ1v) is 11.8. The molecule has 0 bridgehead atoms. The van der Waals surface area contributed by atoms with Crippen LogP contribution in [-0.2, 0) is 4.74 Å². The predicted octanol–water partition coefficient (Wildman–Crippen LogP) is 7.74. The summed E-state index contributed by atoms with van der Waals surface area (Å²) in [6.07, 6.45) is 20.6. The standard InChI is InChI=1S/C24H49NO2.ClH/c1-4-5-6-7-8-9-10-11-12-13-14-15-16-17-20-27-21-18-19-25-22-24(26)23(2)3;/h25-26H,4-22H2,1-3H3;1H. The molecule has 4 heteroatoms. The highest BCUT2D eigenvalue weighted by Crippen LogP contribution is 2.12. The molecule has 0 heterocycles. The van der Waals surface area contributed by atoms with Gasteiger partial charge in [0.25, 0.3) is 0 Å². The second-order valence-corrected chi connectivity index (χ2v) is 8.19. The van der Waals surface area contributed by atoms with Gasteiger partial charge in [-0.1, -0.05) is 90.4 Å². The smallest absolute Gasteiger partial charge is 0.105 e. The fourth-order valence-electron chi connectivity index (χ4n) is 3.18. The van der Waals surface area contributed by atoms with E-state index in [0.29, 0.717) is 12.3 Å². The van der Waals surface area contributed by atoms with E-state index < -0.39 is 0 Å². The molecule has 0 atom stereocenters. The molecule has 0 rings (SSSR count). The van der Waals surface area contributed by atoms with E-state index in [2.05, 4.69) is 12.2 Å². The summed E-state index contributed by atoms with van der Waals surface area (Å²) in [5.41, 5.74) is 0.983. The lowest BCUT2D eigenvalue weighted by molar-refractivity contribution is 0.127. The van der Waals surface area contributed by atoms with Crippen LogP contribution in [0.25, 0.3) is 0 Å². The molecule has 0 aromatic heterocycles. The molecule has 170 valence electrons.